The van der Waals surface area contributed by atoms with Crippen molar-refractivity contribution in [3.8, 4) is 38.0 Å². The number of nitrogens with zero attached hydrogens (tertiary/aromatic N) is 3. The van der Waals surface area contributed by atoms with Crippen molar-refractivity contribution in [1.82, 2.24) is 20.1 Å². The Bertz CT molecular complexity index is 1780. The molecule has 44 heavy (non-hydrogen) atoms. The molecule has 0 spiro atoms. The first-order chi connectivity index (χ1) is 21.0. The Hall–Kier alpha value is -4.97. The topological polar surface area (TPSA) is 103 Å². The van der Waals surface area contributed by atoms with Gasteiger partial charge in [0.05, 0.1) is 28.4 Å². The smallest absolute Gasteiger partial charge is 0.383 e. The molecule has 0 aliphatic carbocycles. The van der Waals surface area contributed by atoms with E-state index in [1.165, 1.54) is 35.6 Å². The van der Waals surface area contributed by atoms with Crippen LogP contribution in [0.3, 0.4) is 0 Å². The third kappa shape index (κ3) is 7.51. The van der Waals surface area contributed by atoms with Gasteiger partial charge in [0.25, 0.3) is 5.91 Å². The van der Waals surface area contributed by atoms with Crippen LogP contribution in [0.4, 0.5) is 17.6 Å². The number of methoxy groups -OCH3 is 1. The second kappa shape index (κ2) is 14.0. The Morgan fingerprint density at radius 1 is 1.00 bits per heavy atom. The molecule has 2 aromatic heterocycles. The molecule has 0 aliphatic rings. The van der Waals surface area contributed by atoms with Crippen LogP contribution in [0.15, 0.2) is 79.0 Å². The highest BCUT2D eigenvalue weighted by atomic mass is 32.1. The van der Waals surface area contributed by atoms with E-state index in [1.54, 1.807) is 61.3 Å². The third-order valence-electron chi connectivity index (χ3n) is 6.33. The minimum atomic E-state index is -4.46. The van der Waals surface area contributed by atoms with Crippen LogP contribution >= 0.6 is 11.3 Å². The number of benzene rings is 3. The van der Waals surface area contributed by atoms with E-state index in [-0.39, 0.29) is 17.9 Å². The fourth-order valence-electron chi connectivity index (χ4n) is 4.25. The summed E-state index contributed by atoms with van der Waals surface area (Å²) in [7, 11) is 1.55. The van der Waals surface area contributed by atoms with Gasteiger partial charge < -0.3 is 10.1 Å². The van der Waals surface area contributed by atoms with Crippen molar-refractivity contribution in [3.05, 3.63) is 102 Å². The first kappa shape index (κ1) is 32.0. The number of hydrogen-bond donors (Lipinski definition) is 1. The van der Waals surface area contributed by atoms with Gasteiger partial charge in [-0.3, -0.25) is 4.79 Å². The van der Waals surface area contributed by atoms with Gasteiger partial charge in [-0.25, -0.2) is 14.1 Å². The van der Waals surface area contributed by atoms with Gasteiger partial charge in [0.2, 0.25) is 5.13 Å². The van der Waals surface area contributed by atoms with E-state index in [4.69, 9.17) is 19.3 Å². The van der Waals surface area contributed by atoms with Crippen molar-refractivity contribution in [3.63, 3.8) is 0 Å². The SMILES string of the molecule is COCCNC(=O)c1ccc(-c2sc(-n3cc(-c4cccc(F)c4)c(C)n3)nc2-c2ccc(C(F)(F)F)cc2)cc1.O=C=O. The summed E-state index contributed by atoms with van der Waals surface area (Å²) in [6.07, 6.45) is -2.47. The third-order valence-corrected chi connectivity index (χ3v) is 7.43. The summed E-state index contributed by atoms with van der Waals surface area (Å²) in [5, 5.41) is 7.82. The van der Waals surface area contributed by atoms with Crippen LogP contribution in [0.5, 0.6) is 0 Å². The van der Waals surface area contributed by atoms with Crippen molar-refractivity contribution in [2.75, 3.05) is 20.3 Å². The molecule has 3 aromatic carbocycles. The van der Waals surface area contributed by atoms with Crippen LogP contribution in [0.25, 0.3) is 38.0 Å². The summed E-state index contributed by atoms with van der Waals surface area (Å²) in [5.74, 6) is -0.620. The predicted octanol–water partition coefficient (Wildman–Crippen LogP) is 6.59. The Morgan fingerprint density at radius 3 is 2.27 bits per heavy atom. The van der Waals surface area contributed by atoms with E-state index in [1.807, 2.05) is 0 Å². The van der Waals surface area contributed by atoms with Crippen LogP contribution in [-0.2, 0) is 20.5 Å². The number of halogens is 4. The van der Waals surface area contributed by atoms with E-state index in [2.05, 4.69) is 10.4 Å². The molecule has 2 heterocycles. The van der Waals surface area contributed by atoms with E-state index in [0.29, 0.717) is 51.2 Å². The molecule has 0 atom stereocenters. The Kier molecular flexibility index (Phi) is 10.2. The lowest BCUT2D eigenvalue weighted by molar-refractivity contribution is -0.191. The van der Waals surface area contributed by atoms with E-state index in [9.17, 15) is 22.4 Å². The van der Waals surface area contributed by atoms with Crippen LogP contribution in [0.1, 0.15) is 21.6 Å². The number of thiazole rings is 1. The Labute approximate surface area is 252 Å². The monoisotopic (exact) mass is 624 g/mol. The highest BCUT2D eigenvalue weighted by molar-refractivity contribution is 7.18. The minimum Gasteiger partial charge on any atom is -0.383 e. The van der Waals surface area contributed by atoms with Crippen LogP contribution in [0.2, 0.25) is 0 Å². The van der Waals surface area contributed by atoms with Gasteiger partial charge in [-0.2, -0.15) is 27.9 Å². The summed E-state index contributed by atoms with van der Waals surface area (Å²) in [6.45, 7) is 2.56. The maximum atomic E-state index is 13.9. The first-order valence-electron chi connectivity index (χ1n) is 12.9. The van der Waals surface area contributed by atoms with E-state index >= 15 is 0 Å². The molecule has 0 saturated carbocycles. The Balaban J connectivity index is 0.00000141. The van der Waals surface area contributed by atoms with E-state index < -0.39 is 11.7 Å². The number of nitrogens with one attached hydrogen (secondary N) is 1. The summed E-state index contributed by atoms with van der Waals surface area (Å²) in [6, 6.07) is 17.9. The molecule has 0 aliphatic heterocycles. The van der Waals surface area contributed by atoms with Crippen molar-refractivity contribution in [2.45, 2.75) is 13.1 Å². The number of amides is 1. The second-order valence-electron chi connectivity index (χ2n) is 9.24. The quantitative estimate of drug-likeness (QED) is 0.154. The molecular weight excluding hydrogens is 600 g/mol. The van der Waals surface area contributed by atoms with Crippen LogP contribution < -0.4 is 5.32 Å². The zero-order chi connectivity index (χ0) is 31.9. The van der Waals surface area contributed by atoms with Gasteiger partial charge in [0, 0.05) is 36.5 Å². The number of rotatable bonds is 8. The average Bonchev–Trinajstić information content (AvgIpc) is 3.62. The number of carbonyl (C=O) groups excluding carboxylic acids is 3. The lowest BCUT2D eigenvalue weighted by atomic mass is 10.0. The molecule has 0 unspecified atom stereocenters. The molecule has 13 heteroatoms. The fraction of sp³-hybridized carbons (Fsp3) is 0.161. The minimum absolute atomic E-state index is 0.250. The maximum Gasteiger partial charge on any atom is 0.416 e. The molecule has 1 amide bonds. The molecule has 0 bridgehead atoms. The maximum absolute atomic E-state index is 13.9. The lowest BCUT2D eigenvalue weighted by Gasteiger charge is -2.08. The molecule has 5 aromatic rings. The summed E-state index contributed by atoms with van der Waals surface area (Å²) in [5.41, 5.74) is 3.42. The first-order valence-corrected chi connectivity index (χ1v) is 13.7. The van der Waals surface area contributed by atoms with Crippen molar-refractivity contribution in [2.24, 2.45) is 0 Å². The van der Waals surface area contributed by atoms with Gasteiger partial charge in [0.15, 0.2) is 0 Å². The van der Waals surface area contributed by atoms with Gasteiger partial charge in [-0.15, -0.1) is 0 Å². The second-order valence-corrected chi connectivity index (χ2v) is 10.2. The number of hydrogen-bond acceptors (Lipinski definition) is 7. The normalized spacial score (nSPS) is 11.0. The standard InChI is InChI=1S/C30H24F4N4O2S.CO2/c1-18-25(22-4-3-5-24(31)16-22)17-38(37-18)29-36-26(19-10-12-23(13-11-19)30(32,33)34)27(41-29)20-6-8-21(9-7-20)28(39)35-14-15-40-2;2-1-3/h3-13,16-17H,14-15H2,1-2H3,(H,35,39);. The van der Waals surface area contributed by atoms with Crippen molar-refractivity contribution >= 4 is 23.4 Å². The number of ether oxygens (including phenoxy) is 1. The number of aromatic nitrogens is 3. The van der Waals surface area contributed by atoms with Gasteiger partial charge in [0.1, 0.15) is 5.82 Å². The zero-order valence-electron chi connectivity index (χ0n) is 23.3. The van der Waals surface area contributed by atoms with Crippen molar-refractivity contribution < 1.29 is 36.7 Å². The largest absolute Gasteiger partial charge is 0.416 e. The fourth-order valence-corrected chi connectivity index (χ4v) is 5.28. The molecule has 1 N–H and O–H groups in total. The number of alkyl halides is 3. The Morgan fingerprint density at radius 2 is 1.66 bits per heavy atom. The van der Waals surface area contributed by atoms with Gasteiger partial charge in [-0.1, -0.05) is 47.7 Å². The lowest BCUT2D eigenvalue weighted by Crippen LogP contribution is -2.26. The van der Waals surface area contributed by atoms with Crippen LogP contribution in [0, 0.1) is 12.7 Å². The highest BCUT2D eigenvalue weighted by Crippen LogP contribution is 2.40. The molecule has 0 fully saturated rings. The average molecular weight is 625 g/mol. The summed E-state index contributed by atoms with van der Waals surface area (Å²) < 4.78 is 60.0. The van der Waals surface area contributed by atoms with Crippen LogP contribution in [-0.4, -0.2) is 47.1 Å². The molecular formula is C31H24F4N4O4S. The summed E-state index contributed by atoms with van der Waals surface area (Å²) >= 11 is 1.30. The molecule has 8 nitrogen and oxygen atoms in total. The van der Waals surface area contributed by atoms with E-state index in [0.717, 1.165) is 23.3 Å². The number of aryl methyl sites for hydroxylation is 1. The highest BCUT2D eigenvalue weighted by Gasteiger charge is 2.30. The molecule has 0 saturated heterocycles. The molecule has 5 rings (SSSR count). The van der Waals surface area contributed by atoms with Gasteiger partial charge >= 0.3 is 12.3 Å². The van der Waals surface area contributed by atoms with Crippen molar-refractivity contribution in [1.29, 1.82) is 0 Å². The zero-order valence-corrected chi connectivity index (χ0v) is 24.1. The molecule has 0 radical (unpaired) electrons. The number of carbonyl (C=O) groups is 1. The van der Waals surface area contributed by atoms with Gasteiger partial charge in [-0.05, 0) is 54.4 Å². The predicted molar refractivity (Wildman–Crippen MR) is 154 cm³/mol. The summed E-state index contributed by atoms with van der Waals surface area (Å²) in [4.78, 5) is 34.1. The molecule has 226 valence electrons.